The SMILES string of the molecule is Clc1nc(-c2cncnc2)sc1-c1cc2ccoc2c(-c2ccccn2)n1. The third-order valence-electron chi connectivity index (χ3n) is 3.97. The molecule has 0 aliphatic carbocycles. The third kappa shape index (κ3) is 2.87. The summed E-state index contributed by atoms with van der Waals surface area (Å²) in [5, 5.41) is 2.06. The molecule has 0 saturated carbocycles. The lowest BCUT2D eigenvalue weighted by Gasteiger charge is -2.04. The molecule has 0 aliphatic rings. The number of rotatable bonds is 3. The van der Waals surface area contributed by atoms with Crippen molar-refractivity contribution in [3.63, 3.8) is 0 Å². The maximum atomic E-state index is 6.43. The van der Waals surface area contributed by atoms with Gasteiger partial charge in [-0.2, -0.15) is 0 Å². The minimum absolute atomic E-state index is 0.390. The van der Waals surface area contributed by atoms with Crippen molar-refractivity contribution in [3.8, 4) is 32.5 Å². The van der Waals surface area contributed by atoms with Crippen LogP contribution in [0.5, 0.6) is 0 Å². The van der Waals surface area contributed by atoms with Crippen LogP contribution in [-0.4, -0.2) is 24.9 Å². The average Bonchev–Trinajstić information content (AvgIpc) is 3.35. The average molecular weight is 392 g/mol. The van der Waals surface area contributed by atoms with Gasteiger partial charge in [0.1, 0.15) is 22.2 Å². The fourth-order valence-corrected chi connectivity index (χ4v) is 4.00. The molecular weight excluding hydrogens is 382 g/mol. The highest BCUT2D eigenvalue weighted by Crippen LogP contribution is 2.39. The summed E-state index contributed by atoms with van der Waals surface area (Å²) in [5.41, 5.74) is 3.62. The zero-order valence-corrected chi connectivity index (χ0v) is 15.3. The van der Waals surface area contributed by atoms with Crippen LogP contribution in [0.3, 0.4) is 0 Å². The van der Waals surface area contributed by atoms with E-state index in [9.17, 15) is 0 Å². The minimum Gasteiger partial charge on any atom is -0.462 e. The number of hydrogen-bond donors (Lipinski definition) is 0. The Labute approximate surface area is 162 Å². The molecule has 5 rings (SSSR count). The van der Waals surface area contributed by atoms with E-state index in [2.05, 4.69) is 19.9 Å². The van der Waals surface area contributed by atoms with Gasteiger partial charge < -0.3 is 4.42 Å². The first-order chi connectivity index (χ1) is 13.3. The second kappa shape index (κ2) is 6.53. The molecule has 5 heterocycles. The van der Waals surface area contributed by atoms with E-state index in [-0.39, 0.29) is 0 Å². The highest BCUT2D eigenvalue weighted by atomic mass is 35.5. The first-order valence-electron chi connectivity index (χ1n) is 8.01. The Balaban J connectivity index is 1.69. The van der Waals surface area contributed by atoms with Crippen LogP contribution in [0.2, 0.25) is 5.15 Å². The third-order valence-corrected chi connectivity index (χ3v) is 5.48. The molecule has 5 aromatic heterocycles. The number of nitrogens with zero attached hydrogens (tertiary/aromatic N) is 5. The number of thiazole rings is 1. The Bertz CT molecular complexity index is 1240. The van der Waals surface area contributed by atoms with Gasteiger partial charge in [-0.15, -0.1) is 11.3 Å². The topological polar surface area (TPSA) is 77.6 Å². The number of furan rings is 1. The van der Waals surface area contributed by atoms with Crippen LogP contribution in [0.25, 0.3) is 43.5 Å². The molecule has 6 nitrogen and oxygen atoms in total. The van der Waals surface area contributed by atoms with Crippen LogP contribution >= 0.6 is 22.9 Å². The van der Waals surface area contributed by atoms with Crippen molar-refractivity contribution in [1.82, 2.24) is 24.9 Å². The lowest BCUT2D eigenvalue weighted by molar-refractivity contribution is 0.615. The number of hydrogen-bond acceptors (Lipinski definition) is 7. The molecule has 5 aromatic rings. The maximum Gasteiger partial charge on any atom is 0.161 e. The molecule has 0 unspecified atom stereocenters. The van der Waals surface area contributed by atoms with E-state index in [1.807, 2.05) is 30.3 Å². The molecule has 0 radical (unpaired) electrons. The molecule has 0 saturated heterocycles. The molecule has 27 heavy (non-hydrogen) atoms. The van der Waals surface area contributed by atoms with Crippen LogP contribution in [0, 0.1) is 0 Å². The second-order valence-electron chi connectivity index (χ2n) is 5.68. The van der Waals surface area contributed by atoms with Gasteiger partial charge in [-0.3, -0.25) is 4.98 Å². The quantitative estimate of drug-likeness (QED) is 0.424. The van der Waals surface area contributed by atoms with Gasteiger partial charge in [0.15, 0.2) is 5.58 Å². The Morgan fingerprint density at radius 3 is 2.70 bits per heavy atom. The van der Waals surface area contributed by atoms with Crippen LogP contribution in [0.15, 0.2) is 65.9 Å². The number of pyridine rings is 2. The highest BCUT2D eigenvalue weighted by molar-refractivity contribution is 7.19. The van der Waals surface area contributed by atoms with E-state index in [1.54, 1.807) is 24.9 Å². The van der Waals surface area contributed by atoms with Gasteiger partial charge in [0.25, 0.3) is 0 Å². The molecule has 0 bridgehead atoms. The van der Waals surface area contributed by atoms with E-state index in [0.29, 0.717) is 16.4 Å². The Morgan fingerprint density at radius 2 is 1.89 bits per heavy atom. The fraction of sp³-hybridized carbons (Fsp3) is 0. The summed E-state index contributed by atoms with van der Waals surface area (Å²) in [5.74, 6) is 0. The standard InChI is InChI=1S/C19H10ClN5OS/c20-18-17(27-19(25-18)12-8-21-10-22-9-12)14-7-11-4-6-26-16(11)15(24-14)13-3-1-2-5-23-13/h1-10H. The Morgan fingerprint density at radius 1 is 1.00 bits per heavy atom. The molecule has 8 heteroatoms. The van der Waals surface area contributed by atoms with Crippen molar-refractivity contribution in [2.45, 2.75) is 0 Å². The predicted molar refractivity (Wildman–Crippen MR) is 104 cm³/mol. The maximum absolute atomic E-state index is 6.43. The Hall–Kier alpha value is -3.16. The molecule has 0 N–H and O–H groups in total. The summed E-state index contributed by atoms with van der Waals surface area (Å²) in [4.78, 5) is 22.5. The number of aromatic nitrogens is 5. The van der Waals surface area contributed by atoms with Gasteiger partial charge >= 0.3 is 0 Å². The van der Waals surface area contributed by atoms with Crippen LogP contribution in [0.4, 0.5) is 0 Å². The van der Waals surface area contributed by atoms with Gasteiger partial charge in [0.2, 0.25) is 0 Å². The van der Waals surface area contributed by atoms with E-state index in [1.165, 1.54) is 17.7 Å². The summed E-state index contributed by atoms with van der Waals surface area (Å²) in [6.07, 6.45) is 8.26. The van der Waals surface area contributed by atoms with E-state index in [0.717, 1.165) is 32.2 Å². The van der Waals surface area contributed by atoms with Crippen LogP contribution in [-0.2, 0) is 0 Å². The second-order valence-corrected chi connectivity index (χ2v) is 7.03. The fourth-order valence-electron chi connectivity index (χ4n) is 2.76. The normalized spacial score (nSPS) is 11.1. The van der Waals surface area contributed by atoms with Crippen molar-refractivity contribution < 1.29 is 4.42 Å². The van der Waals surface area contributed by atoms with Gasteiger partial charge in [-0.05, 0) is 24.3 Å². The Kier molecular flexibility index (Phi) is 3.88. The predicted octanol–water partition coefficient (Wildman–Crippen LogP) is 5.12. The molecular formula is C19H10ClN5OS. The molecule has 0 atom stereocenters. The summed E-state index contributed by atoms with van der Waals surface area (Å²) in [6, 6.07) is 9.51. The van der Waals surface area contributed by atoms with E-state index < -0.39 is 0 Å². The minimum atomic E-state index is 0.390. The van der Waals surface area contributed by atoms with E-state index in [4.69, 9.17) is 21.0 Å². The van der Waals surface area contributed by atoms with Crippen molar-refractivity contribution in [2.75, 3.05) is 0 Å². The zero-order valence-electron chi connectivity index (χ0n) is 13.7. The lowest BCUT2D eigenvalue weighted by Crippen LogP contribution is -1.90. The smallest absolute Gasteiger partial charge is 0.161 e. The van der Waals surface area contributed by atoms with Crippen molar-refractivity contribution in [2.24, 2.45) is 0 Å². The van der Waals surface area contributed by atoms with Crippen molar-refractivity contribution >= 4 is 33.9 Å². The molecule has 0 fully saturated rings. The first-order valence-corrected chi connectivity index (χ1v) is 9.21. The van der Waals surface area contributed by atoms with Crippen molar-refractivity contribution in [1.29, 1.82) is 0 Å². The lowest BCUT2D eigenvalue weighted by atomic mass is 10.1. The summed E-state index contributed by atoms with van der Waals surface area (Å²) >= 11 is 7.88. The van der Waals surface area contributed by atoms with Crippen LogP contribution in [0.1, 0.15) is 0 Å². The molecule has 130 valence electrons. The number of fused-ring (bicyclic) bond motifs is 1. The molecule has 0 amide bonds. The van der Waals surface area contributed by atoms with Gasteiger partial charge in [-0.1, -0.05) is 17.7 Å². The largest absolute Gasteiger partial charge is 0.462 e. The first kappa shape index (κ1) is 16.0. The molecule has 0 aliphatic heterocycles. The van der Waals surface area contributed by atoms with Gasteiger partial charge in [-0.25, -0.2) is 19.9 Å². The van der Waals surface area contributed by atoms with Gasteiger partial charge in [0.05, 0.1) is 22.5 Å². The zero-order chi connectivity index (χ0) is 18.2. The molecule has 0 spiro atoms. The van der Waals surface area contributed by atoms with Gasteiger partial charge in [0, 0.05) is 29.5 Å². The summed E-state index contributed by atoms with van der Waals surface area (Å²) < 4.78 is 5.63. The molecule has 0 aromatic carbocycles. The van der Waals surface area contributed by atoms with Crippen LogP contribution < -0.4 is 0 Å². The summed E-state index contributed by atoms with van der Waals surface area (Å²) in [7, 11) is 0. The van der Waals surface area contributed by atoms with E-state index >= 15 is 0 Å². The summed E-state index contributed by atoms with van der Waals surface area (Å²) in [6.45, 7) is 0. The monoisotopic (exact) mass is 391 g/mol. The van der Waals surface area contributed by atoms with Crippen molar-refractivity contribution in [3.05, 3.63) is 66.7 Å². The number of halogens is 1. The highest BCUT2D eigenvalue weighted by Gasteiger charge is 2.18.